The van der Waals surface area contributed by atoms with Crippen molar-refractivity contribution in [2.75, 3.05) is 0 Å². The third kappa shape index (κ3) is 5.75. The van der Waals surface area contributed by atoms with Crippen LogP contribution in [0.2, 0.25) is 0 Å². The highest BCUT2D eigenvalue weighted by Gasteiger charge is 2.31. The molecule has 286 valence electrons. The van der Waals surface area contributed by atoms with E-state index in [4.69, 9.17) is 4.42 Å². The molecule has 0 N–H and O–H groups in total. The molecule has 1 nitrogen and oxygen atoms in total. The van der Waals surface area contributed by atoms with E-state index in [1.54, 1.807) is 0 Å². The zero-order chi connectivity index (χ0) is 47.8. The molecule has 0 saturated heterocycles. The molecule has 0 bridgehead atoms. The zero-order valence-electron chi connectivity index (χ0n) is 44.4. The highest BCUT2D eigenvalue weighted by atomic mass is 16.3. The number of fused-ring (bicyclic) bond motifs is 7. The fourth-order valence-electron chi connectivity index (χ4n) is 13.2. The Morgan fingerprint density at radius 2 is 0.369 bits per heavy atom. The second-order valence-corrected chi connectivity index (χ2v) is 21.0. The number of hydrogen-bond acceptors (Lipinski definition) is 1. The fraction of sp³-hybridized carbons (Fsp3) is 0. The Bertz CT molecular complexity index is 3740. The summed E-state index contributed by atoms with van der Waals surface area (Å²) in [6, 6.07) is 0. The van der Waals surface area contributed by atoms with Crippen LogP contribution in [0.15, 0.2) is 4.42 Å². The van der Waals surface area contributed by atoms with Gasteiger partial charge in [0.15, 0.2) is 0 Å². The van der Waals surface area contributed by atoms with Crippen LogP contribution in [-0.2, 0) is 0 Å². The van der Waals surface area contributed by atoms with Crippen LogP contribution in [0.4, 0.5) is 0 Å². The predicted molar refractivity (Wildman–Crippen MR) is 371 cm³/mol. The van der Waals surface area contributed by atoms with E-state index in [0.29, 0.717) is 0 Å². The number of benzene rings is 8. The van der Waals surface area contributed by atoms with Gasteiger partial charge in [-0.15, -0.1) is 43.7 Å². The van der Waals surface area contributed by atoms with Crippen molar-refractivity contribution in [2.24, 2.45) is 0 Å². The fourth-order valence-corrected chi connectivity index (χ4v) is 13.2. The molecule has 0 aliphatic rings. The van der Waals surface area contributed by atoms with E-state index in [0.717, 1.165) is 11.2 Å². The summed E-state index contributed by atoms with van der Waals surface area (Å²) in [5.74, 6) is 0. The summed E-state index contributed by atoms with van der Waals surface area (Å²) >= 11 is 0. The molecule has 65 heavy (non-hydrogen) atoms. The Morgan fingerprint density at radius 1 is 0.138 bits per heavy atom. The van der Waals surface area contributed by atoms with Crippen LogP contribution in [0.5, 0.6) is 0 Å². The first kappa shape index (κ1) is 46.3. The summed E-state index contributed by atoms with van der Waals surface area (Å²) in [6.45, 7) is 0. The molecule has 0 amide bonds. The van der Waals surface area contributed by atoms with Gasteiger partial charge in [0.2, 0.25) is 0 Å². The summed E-state index contributed by atoms with van der Waals surface area (Å²) in [5, 5.41) is 13.8. The van der Waals surface area contributed by atoms with Crippen LogP contribution in [-0.4, -0.2) is 188 Å². The van der Waals surface area contributed by atoms with Gasteiger partial charge in [0, 0.05) is 10.8 Å². The van der Waals surface area contributed by atoms with Crippen LogP contribution in [0, 0.1) is 0 Å². The van der Waals surface area contributed by atoms with Crippen molar-refractivity contribution < 1.29 is 4.42 Å². The van der Waals surface area contributed by atoms with E-state index in [1.807, 2.05) is 0 Å². The molecule has 0 spiro atoms. The second kappa shape index (κ2) is 15.3. The van der Waals surface area contributed by atoms with Gasteiger partial charge in [-0.2, -0.15) is 0 Å². The molecule has 9 rings (SSSR count). The van der Waals surface area contributed by atoms with Crippen molar-refractivity contribution in [3.63, 3.8) is 0 Å². The Labute approximate surface area is 408 Å². The van der Waals surface area contributed by atoms with E-state index in [9.17, 15) is 0 Å². The van der Waals surface area contributed by atoms with Crippen LogP contribution in [0.1, 0.15) is 0 Å². The first-order valence-electron chi connectivity index (χ1n) is 24.2. The van der Waals surface area contributed by atoms with Crippen LogP contribution < -0.4 is 131 Å². The lowest BCUT2D eigenvalue weighted by Crippen LogP contribution is -2.52. The molecule has 0 aliphatic heterocycles. The molecule has 0 atom stereocenters. The third-order valence-corrected chi connectivity index (χ3v) is 18.8. The van der Waals surface area contributed by atoms with Crippen molar-refractivity contribution >= 4 is 384 Å². The van der Waals surface area contributed by atoms with Crippen molar-refractivity contribution in [1.82, 2.24) is 0 Å². The normalized spacial score (nSPS) is 11.9. The highest BCUT2D eigenvalue weighted by Crippen LogP contribution is 2.41. The first-order valence-corrected chi connectivity index (χ1v) is 24.2. The number of rotatable bonds is 2. The van der Waals surface area contributed by atoms with Crippen molar-refractivity contribution in [1.29, 1.82) is 0 Å². The van der Waals surface area contributed by atoms with Crippen molar-refractivity contribution in [3.05, 3.63) is 0 Å². The summed E-state index contributed by atoms with van der Waals surface area (Å²) in [7, 11) is 56.7. The van der Waals surface area contributed by atoms with Gasteiger partial charge in [-0.05, 0) is 70.8 Å². The Hall–Kier alpha value is -3.84. The Morgan fingerprint density at radius 3 is 0.785 bits per heavy atom. The SMILES string of the molecule is Bc1c(B)c(B)c2c(oc3c(B)c4c(-c5c6c(B)c(B)c(B)c(B)c6c(-c6c(B)c(B)c7c(B)c(B)c(B)c(B)c7c6B)c6c(B)c(B)c(B)c(B)c56)c(B)c(B)c(B)c4c(B)c32)c1B. The monoisotopic (exact) mass is 809 g/mol. The maximum absolute atomic E-state index is 7.23. The molecule has 1 heterocycles. The molecule has 0 saturated carbocycles. The zero-order valence-corrected chi connectivity index (χ0v) is 44.4. The summed E-state index contributed by atoms with van der Waals surface area (Å²) in [4.78, 5) is 0. The molecule has 0 aliphatic carbocycles. The Balaban J connectivity index is 1.66. The second-order valence-electron chi connectivity index (χ2n) is 21.0. The summed E-state index contributed by atoms with van der Waals surface area (Å²) < 4.78 is 7.23. The van der Waals surface area contributed by atoms with Crippen LogP contribution >= 0.6 is 0 Å². The lowest BCUT2D eigenvalue weighted by atomic mass is 9.56. The van der Waals surface area contributed by atoms with E-state index in [2.05, 4.69) is 188 Å². The van der Waals surface area contributed by atoms with Gasteiger partial charge in [-0.1, -0.05) is 81.9 Å². The van der Waals surface area contributed by atoms with Gasteiger partial charge in [-0.25, -0.2) is 0 Å². The predicted octanol–water partition coefficient (Wildman–Crippen LogP) is -30.3. The minimum atomic E-state index is 1.03. The van der Waals surface area contributed by atoms with Crippen LogP contribution in [0.3, 0.4) is 0 Å². The van der Waals surface area contributed by atoms with Gasteiger partial charge in [-0.3, -0.25) is 0 Å². The molecule has 0 unspecified atom stereocenters. The van der Waals surface area contributed by atoms with Crippen LogP contribution in [0.25, 0.3) is 87.3 Å². The molecule has 1 aromatic heterocycles. The topological polar surface area (TPSA) is 13.1 Å². The lowest BCUT2D eigenvalue weighted by molar-refractivity contribution is 0.675. The maximum Gasteiger partial charge on any atom is 0.145 e. The van der Waals surface area contributed by atoms with Crippen molar-refractivity contribution in [3.8, 4) is 22.3 Å². The van der Waals surface area contributed by atoms with E-state index < -0.39 is 0 Å². The quantitative estimate of drug-likeness (QED) is 0.125. The average Bonchev–Trinajstić information content (AvgIpc) is 3.69. The smallest absolute Gasteiger partial charge is 0.145 e. The van der Waals surface area contributed by atoms with Gasteiger partial charge in [0.1, 0.15) is 199 Å². The van der Waals surface area contributed by atoms with Gasteiger partial charge in [0.05, 0.1) is 0 Å². The highest BCUT2D eigenvalue weighted by molar-refractivity contribution is 6.77. The molecular weight excluding hydrogens is 756 g/mol. The van der Waals surface area contributed by atoms with Crippen molar-refractivity contribution in [2.45, 2.75) is 0 Å². The van der Waals surface area contributed by atoms with E-state index >= 15 is 0 Å². The average molecular weight is 804 g/mol. The molecular formula is C40H48B24O. The molecule has 0 fully saturated rings. The summed E-state index contributed by atoms with van der Waals surface area (Å²) in [5.41, 5.74) is 40.5. The minimum Gasteiger partial charge on any atom is -0.457 e. The van der Waals surface area contributed by atoms with Gasteiger partial charge >= 0.3 is 0 Å². The first-order chi connectivity index (χ1) is 30.3. The minimum absolute atomic E-state index is 1.03. The number of hydrogen-bond donors (Lipinski definition) is 0. The number of furan rings is 1. The third-order valence-electron chi connectivity index (χ3n) is 18.8. The largest absolute Gasteiger partial charge is 0.457 e. The molecule has 9 aromatic rings. The van der Waals surface area contributed by atoms with E-state index in [-0.39, 0.29) is 0 Å². The molecule has 0 radical (unpaired) electrons. The van der Waals surface area contributed by atoms with Gasteiger partial charge < -0.3 is 4.42 Å². The standard InChI is InChI=1S/C40H48B24O/c41-15-9(22(48)23(49)12-11(15)25(51)34(60)35(61)26(12)52)2-6-3(18(44)30(56)32(58)20(6)46)1(4-7(2)21(47)33(59)31(57)19(4)45)5-8-10(24(50)29(55)17(5)43)16(42)13-14-27(53)36(62)37(63)38(64)40(14)65-39(13)28(8)54/h41-64H2. The lowest BCUT2D eigenvalue weighted by Gasteiger charge is -2.32. The maximum atomic E-state index is 7.23. The van der Waals surface area contributed by atoms with Gasteiger partial charge in [0.25, 0.3) is 0 Å². The van der Waals surface area contributed by atoms with E-state index in [1.165, 1.54) is 207 Å². The Kier molecular flexibility index (Phi) is 10.9. The summed E-state index contributed by atoms with van der Waals surface area (Å²) in [6.07, 6.45) is 0. The molecule has 25 heteroatoms. The molecule has 8 aromatic carbocycles.